The molecule has 2 rings (SSSR count). The molecule has 0 fully saturated rings. The number of rotatable bonds is 4. The van der Waals surface area contributed by atoms with E-state index in [2.05, 4.69) is 10.3 Å². The van der Waals surface area contributed by atoms with Crippen molar-refractivity contribution in [2.24, 2.45) is 5.73 Å². The summed E-state index contributed by atoms with van der Waals surface area (Å²) in [4.78, 5) is 4.14. The van der Waals surface area contributed by atoms with E-state index in [4.69, 9.17) is 28.9 Å². The molecule has 5 heteroatoms. The number of nitrogens with one attached hydrogen (secondary N) is 1. The van der Waals surface area contributed by atoms with Gasteiger partial charge in [0.05, 0.1) is 10.0 Å². The summed E-state index contributed by atoms with van der Waals surface area (Å²) in [6, 6.07) is 9.65. The van der Waals surface area contributed by atoms with Gasteiger partial charge in [-0.25, -0.2) is 4.98 Å². The maximum absolute atomic E-state index is 6.03. The van der Waals surface area contributed by atoms with Crippen LogP contribution < -0.4 is 11.1 Å². The highest BCUT2D eigenvalue weighted by Crippen LogP contribution is 2.25. The molecule has 1 heterocycles. The van der Waals surface area contributed by atoms with Gasteiger partial charge >= 0.3 is 0 Å². The van der Waals surface area contributed by atoms with Crippen molar-refractivity contribution in [1.82, 2.24) is 4.98 Å². The number of pyridine rings is 1. The number of hydrogen-bond acceptors (Lipinski definition) is 3. The van der Waals surface area contributed by atoms with Gasteiger partial charge in [0, 0.05) is 11.9 Å². The third-order valence-corrected chi connectivity index (χ3v) is 2.95. The zero-order chi connectivity index (χ0) is 13.0. The molecule has 1 aromatic carbocycles. The number of benzene rings is 1. The largest absolute Gasteiger partial charge is 0.339 e. The Balaban J connectivity index is 2.13. The Morgan fingerprint density at radius 2 is 1.89 bits per heavy atom. The van der Waals surface area contributed by atoms with Crippen LogP contribution in [0.15, 0.2) is 36.5 Å². The predicted octanol–water partition coefficient (Wildman–Crippen LogP) is 3.63. The lowest BCUT2D eigenvalue weighted by atomic mass is 10.1. The van der Waals surface area contributed by atoms with Crippen molar-refractivity contribution >= 4 is 34.7 Å². The number of hydrogen-bond donors (Lipinski definition) is 2. The van der Waals surface area contributed by atoms with E-state index in [9.17, 15) is 0 Å². The van der Waals surface area contributed by atoms with Crippen molar-refractivity contribution < 1.29 is 0 Å². The lowest BCUT2D eigenvalue weighted by Gasteiger charge is -2.08. The minimum Gasteiger partial charge on any atom is -0.339 e. The molecule has 18 heavy (non-hydrogen) atoms. The van der Waals surface area contributed by atoms with E-state index >= 15 is 0 Å². The molecular weight excluding hydrogens is 269 g/mol. The molecule has 2 aromatic rings. The fourth-order valence-corrected chi connectivity index (χ4v) is 1.99. The van der Waals surface area contributed by atoms with Crippen molar-refractivity contribution in [3.8, 4) is 0 Å². The lowest BCUT2D eigenvalue weighted by Crippen LogP contribution is -2.02. The van der Waals surface area contributed by atoms with Crippen molar-refractivity contribution in [3.63, 3.8) is 0 Å². The Labute approximate surface area is 116 Å². The van der Waals surface area contributed by atoms with Crippen LogP contribution in [-0.2, 0) is 6.42 Å². The number of nitrogens with zero attached hydrogens (tertiary/aromatic N) is 1. The summed E-state index contributed by atoms with van der Waals surface area (Å²) in [6.07, 6.45) is 2.43. The molecule has 0 unspecified atom stereocenters. The molecule has 3 N–H and O–H groups in total. The van der Waals surface area contributed by atoms with E-state index in [1.807, 2.05) is 24.3 Å². The summed E-state index contributed by atoms with van der Waals surface area (Å²) in [5.74, 6) is 0.590. The van der Waals surface area contributed by atoms with Crippen LogP contribution in [0.5, 0.6) is 0 Å². The highest BCUT2D eigenvalue weighted by atomic mass is 35.5. The Hall–Kier alpha value is -1.29. The number of anilines is 2. The summed E-state index contributed by atoms with van der Waals surface area (Å²) in [5, 5.41) is 4.15. The van der Waals surface area contributed by atoms with Crippen LogP contribution in [0.25, 0.3) is 0 Å². The molecule has 0 bridgehead atoms. The SMILES string of the molecule is NCCc1ccc(Nc2ncc(Cl)cc2Cl)cc1. The van der Waals surface area contributed by atoms with Crippen molar-refractivity contribution in [1.29, 1.82) is 0 Å². The zero-order valence-electron chi connectivity index (χ0n) is 9.66. The molecule has 0 amide bonds. The van der Waals surface area contributed by atoms with Gasteiger partial charge in [-0.15, -0.1) is 0 Å². The van der Waals surface area contributed by atoms with E-state index in [-0.39, 0.29) is 0 Å². The van der Waals surface area contributed by atoms with Crippen LogP contribution in [0, 0.1) is 0 Å². The summed E-state index contributed by atoms with van der Waals surface area (Å²) in [6.45, 7) is 0.650. The second kappa shape index (κ2) is 6.05. The molecule has 94 valence electrons. The van der Waals surface area contributed by atoms with E-state index in [1.54, 1.807) is 12.3 Å². The second-order valence-electron chi connectivity index (χ2n) is 3.84. The number of nitrogens with two attached hydrogens (primary N) is 1. The molecular formula is C13H13Cl2N3. The third kappa shape index (κ3) is 3.35. The third-order valence-electron chi connectivity index (χ3n) is 2.46. The van der Waals surface area contributed by atoms with Gasteiger partial charge in [0.1, 0.15) is 5.82 Å². The summed E-state index contributed by atoms with van der Waals surface area (Å²) >= 11 is 11.8. The summed E-state index contributed by atoms with van der Waals surface area (Å²) < 4.78 is 0. The van der Waals surface area contributed by atoms with Gasteiger partial charge < -0.3 is 11.1 Å². The van der Waals surface area contributed by atoms with E-state index in [0.717, 1.165) is 12.1 Å². The molecule has 0 aliphatic heterocycles. The smallest absolute Gasteiger partial charge is 0.149 e. The monoisotopic (exact) mass is 281 g/mol. The first-order valence-corrected chi connectivity index (χ1v) is 6.31. The second-order valence-corrected chi connectivity index (χ2v) is 4.69. The highest BCUT2D eigenvalue weighted by molar-refractivity contribution is 6.36. The maximum atomic E-state index is 6.03. The van der Waals surface area contributed by atoms with Gasteiger partial charge in [0.15, 0.2) is 0 Å². The van der Waals surface area contributed by atoms with Crippen LogP contribution in [0.2, 0.25) is 10.0 Å². The van der Waals surface area contributed by atoms with Crippen molar-refractivity contribution in [2.45, 2.75) is 6.42 Å². The number of aromatic nitrogens is 1. The van der Waals surface area contributed by atoms with Gasteiger partial charge in [0.2, 0.25) is 0 Å². The van der Waals surface area contributed by atoms with Crippen molar-refractivity contribution in [3.05, 3.63) is 52.1 Å². The van der Waals surface area contributed by atoms with Crippen molar-refractivity contribution in [2.75, 3.05) is 11.9 Å². The molecule has 0 spiro atoms. The molecule has 0 saturated heterocycles. The van der Waals surface area contributed by atoms with Gasteiger partial charge in [-0.2, -0.15) is 0 Å². The average molecular weight is 282 g/mol. The molecule has 1 aromatic heterocycles. The average Bonchev–Trinajstić information content (AvgIpc) is 2.35. The molecule has 0 aliphatic rings. The standard InChI is InChI=1S/C13H13Cl2N3/c14-10-7-12(15)13(17-8-10)18-11-3-1-9(2-4-11)5-6-16/h1-4,7-8H,5-6,16H2,(H,17,18). The topological polar surface area (TPSA) is 50.9 Å². The highest BCUT2D eigenvalue weighted by Gasteiger charge is 2.03. The van der Waals surface area contributed by atoms with Gasteiger partial charge in [0.25, 0.3) is 0 Å². The van der Waals surface area contributed by atoms with Gasteiger partial charge in [-0.05, 0) is 36.7 Å². The van der Waals surface area contributed by atoms with E-state index < -0.39 is 0 Å². The zero-order valence-corrected chi connectivity index (χ0v) is 11.2. The first kappa shape index (κ1) is 13.1. The first-order valence-electron chi connectivity index (χ1n) is 5.56. The van der Waals surface area contributed by atoms with Crippen LogP contribution in [-0.4, -0.2) is 11.5 Å². The molecule has 0 saturated carbocycles. The maximum Gasteiger partial charge on any atom is 0.149 e. The van der Waals surface area contributed by atoms with E-state index in [1.165, 1.54) is 5.56 Å². The normalized spacial score (nSPS) is 10.4. The summed E-state index contributed by atoms with van der Waals surface area (Å²) in [5.41, 5.74) is 7.63. The minimum absolute atomic E-state index is 0.494. The predicted molar refractivity (Wildman–Crippen MR) is 76.7 cm³/mol. The molecule has 3 nitrogen and oxygen atoms in total. The lowest BCUT2D eigenvalue weighted by molar-refractivity contribution is 0.969. The Morgan fingerprint density at radius 3 is 2.50 bits per heavy atom. The van der Waals surface area contributed by atoms with Crippen LogP contribution in [0.1, 0.15) is 5.56 Å². The number of halogens is 2. The fourth-order valence-electron chi connectivity index (χ4n) is 1.56. The van der Waals surface area contributed by atoms with Crippen LogP contribution >= 0.6 is 23.2 Å². The van der Waals surface area contributed by atoms with Crippen LogP contribution in [0.4, 0.5) is 11.5 Å². The van der Waals surface area contributed by atoms with Crippen LogP contribution in [0.3, 0.4) is 0 Å². The first-order chi connectivity index (χ1) is 8.69. The fraction of sp³-hybridized carbons (Fsp3) is 0.154. The van der Waals surface area contributed by atoms with Gasteiger partial charge in [-0.1, -0.05) is 35.3 Å². The molecule has 0 aliphatic carbocycles. The quantitative estimate of drug-likeness (QED) is 0.900. The Kier molecular flexibility index (Phi) is 4.42. The Bertz CT molecular complexity index is 526. The van der Waals surface area contributed by atoms with E-state index in [0.29, 0.717) is 22.4 Å². The molecule has 0 atom stereocenters. The summed E-state index contributed by atoms with van der Waals surface area (Å²) in [7, 11) is 0. The molecule has 0 radical (unpaired) electrons. The van der Waals surface area contributed by atoms with Gasteiger partial charge in [-0.3, -0.25) is 0 Å². The Morgan fingerprint density at radius 1 is 1.17 bits per heavy atom. The minimum atomic E-state index is 0.494.